The second-order valence-corrected chi connectivity index (χ2v) is 6.03. The Morgan fingerprint density at radius 3 is 2.63 bits per heavy atom. The van der Waals surface area contributed by atoms with Gasteiger partial charge in [-0.05, 0) is 45.0 Å². The maximum atomic E-state index is 13.8. The number of imidazole rings is 1. The van der Waals surface area contributed by atoms with Crippen LogP contribution in [-0.2, 0) is 0 Å². The molecule has 0 amide bonds. The molecule has 134 valence electrons. The summed E-state index contributed by atoms with van der Waals surface area (Å²) in [6, 6.07) is 5.59. The summed E-state index contributed by atoms with van der Waals surface area (Å²) in [6.07, 6.45) is 3.33. The van der Waals surface area contributed by atoms with Crippen molar-refractivity contribution in [2.75, 3.05) is 5.32 Å². The van der Waals surface area contributed by atoms with Crippen molar-refractivity contribution < 1.29 is 43.8 Å². The van der Waals surface area contributed by atoms with Gasteiger partial charge in [0.15, 0.2) is 0 Å². The van der Waals surface area contributed by atoms with E-state index in [-0.39, 0.29) is 41.5 Å². The number of carboxylic acids is 1. The van der Waals surface area contributed by atoms with Crippen LogP contribution >= 0.6 is 0 Å². The van der Waals surface area contributed by atoms with Gasteiger partial charge in [-0.15, -0.1) is 0 Å². The average Bonchev–Trinajstić information content (AvgIpc) is 2.96. The normalized spacial score (nSPS) is 10.6. The minimum absolute atomic E-state index is 0. The number of aryl methyl sites for hydroxylation is 1. The molecule has 0 aliphatic carbocycles. The second-order valence-electron chi connectivity index (χ2n) is 6.03. The number of anilines is 2. The van der Waals surface area contributed by atoms with Crippen LogP contribution in [0.1, 0.15) is 36.1 Å². The zero-order valence-corrected chi connectivity index (χ0v) is 17.5. The molecule has 0 atom stereocenters. The quantitative estimate of drug-likeness (QED) is 0.601. The smallest absolute Gasteiger partial charge is 0.545 e. The van der Waals surface area contributed by atoms with E-state index in [0.29, 0.717) is 11.4 Å². The topological polar surface area (TPSA) is 95.8 Å². The molecule has 2 aromatic heterocycles. The van der Waals surface area contributed by atoms with Crippen molar-refractivity contribution in [3.8, 4) is 11.4 Å². The molecular formula is C18H17FN5NaO2. The largest absolute Gasteiger partial charge is 1.00 e. The molecule has 0 unspecified atom stereocenters. The van der Waals surface area contributed by atoms with Crippen molar-refractivity contribution in [2.24, 2.45) is 0 Å². The molecule has 27 heavy (non-hydrogen) atoms. The van der Waals surface area contributed by atoms with Gasteiger partial charge in [-0.3, -0.25) is 0 Å². The Bertz CT molecular complexity index is 974. The number of hydrogen-bond donors (Lipinski definition) is 1. The van der Waals surface area contributed by atoms with Gasteiger partial charge in [0.2, 0.25) is 5.95 Å². The summed E-state index contributed by atoms with van der Waals surface area (Å²) in [5.41, 5.74) is 1.35. The minimum Gasteiger partial charge on any atom is -0.545 e. The Morgan fingerprint density at radius 1 is 1.26 bits per heavy atom. The number of hydrogen-bond acceptors (Lipinski definition) is 6. The van der Waals surface area contributed by atoms with E-state index in [1.54, 1.807) is 18.5 Å². The van der Waals surface area contributed by atoms with Crippen LogP contribution in [-0.4, -0.2) is 25.5 Å². The number of halogens is 1. The van der Waals surface area contributed by atoms with E-state index in [1.807, 2.05) is 6.92 Å². The van der Waals surface area contributed by atoms with Gasteiger partial charge in [-0.25, -0.2) is 19.3 Å². The van der Waals surface area contributed by atoms with Gasteiger partial charge in [-0.1, -0.05) is 0 Å². The number of aromatic carboxylic acids is 1. The van der Waals surface area contributed by atoms with Crippen LogP contribution in [0.4, 0.5) is 16.0 Å². The standard InChI is InChI=1S/C18H18FN5O2.Na/c1-10(2)24-11(3)21-9-16(24)15-6-7-20-18(23-15)22-12-4-5-13(17(25)26)14(19)8-12;/h4-10H,1-3H3,(H,25,26)(H,20,22,23);/q;+1/p-1. The van der Waals surface area contributed by atoms with Gasteiger partial charge in [-0.2, -0.15) is 0 Å². The summed E-state index contributed by atoms with van der Waals surface area (Å²) in [6.45, 7) is 6.03. The number of carboxylic acid groups (broad SMARTS) is 1. The number of aromatic nitrogens is 4. The fraction of sp³-hybridized carbons (Fsp3) is 0.222. The first-order chi connectivity index (χ1) is 12.4. The monoisotopic (exact) mass is 377 g/mol. The molecule has 0 bridgehead atoms. The van der Waals surface area contributed by atoms with Crippen LogP contribution in [0.5, 0.6) is 0 Å². The van der Waals surface area contributed by atoms with Gasteiger partial charge in [0.25, 0.3) is 0 Å². The molecule has 0 spiro atoms. The molecule has 3 aromatic rings. The third-order valence-corrected chi connectivity index (χ3v) is 3.86. The molecule has 0 saturated carbocycles. The molecule has 0 radical (unpaired) electrons. The van der Waals surface area contributed by atoms with E-state index < -0.39 is 17.3 Å². The van der Waals surface area contributed by atoms with Crippen LogP contribution in [0, 0.1) is 12.7 Å². The van der Waals surface area contributed by atoms with E-state index in [0.717, 1.165) is 23.7 Å². The Kier molecular flexibility index (Phi) is 6.69. The fourth-order valence-corrected chi connectivity index (χ4v) is 2.74. The first kappa shape index (κ1) is 21.0. The van der Waals surface area contributed by atoms with Crippen LogP contribution < -0.4 is 40.0 Å². The molecule has 7 nitrogen and oxygen atoms in total. The Labute approximate surface area is 178 Å². The van der Waals surface area contributed by atoms with Crippen molar-refractivity contribution >= 4 is 17.6 Å². The Balaban J connectivity index is 0.00000261. The third kappa shape index (κ3) is 4.52. The van der Waals surface area contributed by atoms with E-state index in [2.05, 4.69) is 38.7 Å². The van der Waals surface area contributed by atoms with E-state index in [1.165, 1.54) is 6.07 Å². The Hall–Kier alpha value is -2.29. The van der Waals surface area contributed by atoms with Crippen molar-refractivity contribution in [1.29, 1.82) is 0 Å². The molecule has 9 heteroatoms. The van der Waals surface area contributed by atoms with Gasteiger partial charge in [0, 0.05) is 23.5 Å². The van der Waals surface area contributed by atoms with Crippen LogP contribution in [0.3, 0.4) is 0 Å². The number of rotatable bonds is 5. The maximum absolute atomic E-state index is 13.8. The molecule has 0 fully saturated rings. The summed E-state index contributed by atoms with van der Waals surface area (Å²) >= 11 is 0. The summed E-state index contributed by atoms with van der Waals surface area (Å²) in [7, 11) is 0. The van der Waals surface area contributed by atoms with Gasteiger partial charge < -0.3 is 19.8 Å². The van der Waals surface area contributed by atoms with E-state index in [9.17, 15) is 14.3 Å². The average molecular weight is 377 g/mol. The number of carbonyl (C=O) groups excluding carboxylic acids is 1. The molecule has 0 aliphatic rings. The van der Waals surface area contributed by atoms with E-state index in [4.69, 9.17) is 0 Å². The summed E-state index contributed by atoms with van der Waals surface area (Å²) < 4.78 is 15.8. The summed E-state index contributed by atoms with van der Waals surface area (Å²) in [5.74, 6) is -1.32. The number of benzene rings is 1. The number of nitrogens with one attached hydrogen (secondary N) is 1. The maximum Gasteiger partial charge on any atom is 1.00 e. The van der Waals surface area contributed by atoms with Crippen molar-refractivity contribution in [2.45, 2.75) is 26.8 Å². The van der Waals surface area contributed by atoms with Crippen molar-refractivity contribution in [3.05, 3.63) is 53.9 Å². The van der Waals surface area contributed by atoms with Gasteiger partial charge in [0.1, 0.15) is 11.6 Å². The van der Waals surface area contributed by atoms with Crippen LogP contribution in [0.25, 0.3) is 11.4 Å². The van der Waals surface area contributed by atoms with Crippen LogP contribution in [0.2, 0.25) is 0 Å². The predicted molar refractivity (Wildman–Crippen MR) is 92.4 cm³/mol. The molecule has 0 aliphatic heterocycles. The van der Waals surface area contributed by atoms with Gasteiger partial charge >= 0.3 is 29.6 Å². The number of nitrogens with zero attached hydrogens (tertiary/aromatic N) is 4. The fourth-order valence-electron chi connectivity index (χ4n) is 2.74. The first-order valence-corrected chi connectivity index (χ1v) is 8.02. The predicted octanol–water partition coefficient (Wildman–Crippen LogP) is -0.520. The Morgan fingerprint density at radius 2 is 2.00 bits per heavy atom. The van der Waals surface area contributed by atoms with Crippen LogP contribution in [0.15, 0.2) is 36.7 Å². The summed E-state index contributed by atoms with van der Waals surface area (Å²) in [4.78, 5) is 23.7. The zero-order chi connectivity index (χ0) is 18.8. The molecule has 0 saturated heterocycles. The minimum atomic E-state index is -1.57. The second kappa shape index (κ2) is 8.60. The molecule has 1 N–H and O–H groups in total. The number of carbonyl (C=O) groups is 1. The molecular weight excluding hydrogens is 360 g/mol. The molecule has 2 heterocycles. The first-order valence-electron chi connectivity index (χ1n) is 8.02. The third-order valence-electron chi connectivity index (χ3n) is 3.86. The van der Waals surface area contributed by atoms with Crippen molar-refractivity contribution in [3.63, 3.8) is 0 Å². The zero-order valence-electron chi connectivity index (χ0n) is 15.5. The summed E-state index contributed by atoms with van der Waals surface area (Å²) in [5, 5.41) is 13.6. The van der Waals surface area contributed by atoms with E-state index >= 15 is 0 Å². The van der Waals surface area contributed by atoms with Crippen molar-refractivity contribution in [1.82, 2.24) is 19.5 Å². The van der Waals surface area contributed by atoms with Gasteiger partial charge in [0.05, 0.1) is 23.6 Å². The SMILES string of the molecule is Cc1ncc(-c2ccnc(Nc3ccc(C(=O)[O-])c(F)c3)n2)n1C(C)C.[Na+]. The molecule has 3 rings (SSSR count). The molecule has 1 aromatic carbocycles.